The summed E-state index contributed by atoms with van der Waals surface area (Å²) in [5, 5.41) is 13.7. The number of hydrogen-bond acceptors (Lipinski definition) is 4. The summed E-state index contributed by atoms with van der Waals surface area (Å²) in [4.78, 5) is 12.2. The van der Waals surface area contributed by atoms with Crippen LogP contribution < -0.4 is 10.1 Å². The number of nitriles is 1. The highest BCUT2D eigenvalue weighted by Crippen LogP contribution is 2.43. The van der Waals surface area contributed by atoms with Gasteiger partial charge >= 0.3 is 6.09 Å². The van der Waals surface area contributed by atoms with E-state index in [1.807, 2.05) is 72.8 Å². The highest BCUT2D eigenvalue weighted by molar-refractivity contribution is 5.96. The summed E-state index contributed by atoms with van der Waals surface area (Å²) in [6.45, 7) is 0.210. The largest absolute Gasteiger partial charge is 0.497 e. The molecule has 0 radical (unpaired) electrons. The molecule has 0 atom stereocenters. The maximum absolute atomic E-state index is 12.2. The van der Waals surface area contributed by atoms with Gasteiger partial charge in [-0.15, -0.1) is 0 Å². The summed E-state index contributed by atoms with van der Waals surface area (Å²) in [5.41, 5.74) is 5.08. The van der Waals surface area contributed by atoms with E-state index >= 15 is 0 Å². The Balaban J connectivity index is 1.42. The predicted molar refractivity (Wildman–Crippen MR) is 132 cm³/mol. The molecule has 170 valence electrons. The van der Waals surface area contributed by atoms with Crippen molar-refractivity contribution in [3.63, 3.8) is 0 Å². The van der Waals surface area contributed by atoms with Crippen LogP contribution in [0, 0.1) is 11.3 Å². The van der Waals surface area contributed by atoms with Crippen LogP contribution in [-0.4, -0.2) is 17.8 Å². The third-order valence-electron chi connectivity index (χ3n) is 6.38. The van der Waals surface area contributed by atoms with Gasteiger partial charge in [-0.2, -0.15) is 5.26 Å². The number of carbonyl (C=O) groups is 1. The van der Waals surface area contributed by atoms with Gasteiger partial charge in [-0.1, -0.05) is 42.5 Å². The Morgan fingerprint density at radius 1 is 1.09 bits per heavy atom. The Hall–Kier alpha value is -4.24. The average Bonchev–Trinajstić information content (AvgIpc) is 3.16. The van der Waals surface area contributed by atoms with Gasteiger partial charge in [0.25, 0.3) is 0 Å². The van der Waals surface area contributed by atoms with Gasteiger partial charge in [-0.3, -0.25) is 5.32 Å². The van der Waals surface area contributed by atoms with Crippen LogP contribution in [0.2, 0.25) is 0 Å². The molecule has 1 saturated carbocycles. The predicted octanol–water partition coefficient (Wildman–Crippen LogP) is 6.66. The number of fused-ring (bicyclic) bond motifs is 1. The Morgan fingerprint density at radius 2 is 1.85 bits per heavy atom. The van der Waals surface area contributed by atoms with Crippen molar-refractivity contribution in [3.8, 4) is 23.1 Å². The Kier molecular flexibility index (Phi) is 5.92. The van der Waals surface area contributed by atoms with E-state index in [2.05, 4.69) is 16.0 Å². The molecule has 0 aliphatic heterocycles. The molecule has 1 heterocycles. The number of rotatable bonds is 6. The van der Waals surface area contributed by atoms with E-state index in [-0.39, 0.29) is 6.61 Å². The number of ether oxygens (including phenoxy) is 2. The normalized spacial score (nSPS) is 13.2. The molecule has 0 unspecified atom stereocenters. The van der Waals surface area contributed by atoms with E-state index in [1.54, 1.807) is 7.11 Å². The maximum atomic E-state index is 12.2. The van der Waals surface area contributed by atoms with E-state index in [4.69, 9.17) is 9.47 Å². The van der Waals surface area contributed by atoms with Gasteiger partial charge in [-0.05, 0) is 54.7 Å². The van der Waals surface area contributed by atoms with Gasteiger partial charge in [0.1, 0.15) is 18.4 Å². The molecule has 6 heteroatoms. The summed E-state index contributed by atoms with van der Waals surface area (Å²) in [6.07, 6.45) is 2.85. The van der Waals surface area contributed by atoms with Crippen LogP contribution in [0.1, 0.15) is 36.4 Å². The van der Waals surface area contributed by atoms with Crippen molar-refractivity contribution in [1.82, 2.24) is 4.57 Å². The van der Waals surface area contributed by atoms with Crippen molar-refractivity contribution in [2.24, 2.45) is 0 Å². The average molecular weight is 452 g/mol. The van der Waals surface area contributed by atoms with Crippen molar-refractivity contribution in [2.75, 3.05) is 12.4 Å². The molecule has 5 rings (SSSR count). The van der Waals surface area contributed by atoms with Crippen molar-refractivity contribution in [3.05, 3.63) is 83.9 Å². The number of amides is 1. The number of nitrogens with zero attached hydrogens (tertiary/aromatic N) is 2. The monoisotopic (exact) mass is 451 g/mol. The lowest BCUT2D eigenvalue weighted by Crippen LogP contribution is -2.18. The maximum Gasteiger partial charge on any atom is 0.411 e. The van der Waals surface area contributed by atoms with Crippen LogP contribution in [0.5, 0.6) is 5.75 Å². The summed E-state index contributed by atoms with van der Waals surface area (Å²) >= 11 is 0. The molecule has 3 aromatic carbocycles. The second kappa shape index (κ2) is 9.32. The fourth-order valence-electron chi connectivity index (χ4n) is 4.43. The SMILES string of the molecule is COc1ccc2c(C#N)c(-c3ccc(NC(=O)OCc4ccccc4)cc3)n(C3CCC3)c2c1. The van der Waals surface area contributed by atoms with Crippen LogP contribution in [0.15, 0.2) is 72.8 Å². The summed E-state index contributed by atoms with van der Waals surface area (Å²) in [6, 6.07) is 25.8. The molecule has 1 fully saturated rings. The van der Waals surface area contributed by atoms with Gasteiger partial charge in [-0.25, -0.2) is 4.79 Å². The lowest BCUT2D eigenvalue weighted by molar-refractivity contribution is 0.155. The van der Waals surface area contributed by atoms with E-state index < -0.39 is 6.09 Å². The van der Waals surface area contributed by atoms with Crippen LogP contribution in [-0.2, 0) is 11.3 Å². The lowest BCUT2D eigenvalue weighted by Gasteiger charge is -2.30. The smallest absolute Gasteiger partial charge is 0.411 e. The fourth-order valence-corrected chi connectivity index (χ4v) is 4.43. The van der Waals surface area contributed by atoms with Crippen molar-refractivity contribution >= 4 is 22.7 Å². The van der Waals surface area contributed by atoms with Gasteiger partial charge in [0.05, 0.1) is 23.9 Å². The summed E-state index contributed by atoms with van der Waals surface area (Å²) < 4.78 is 13.0. The van der Waals surface area contributed by atoms with E-state index in [1.165, 1.54) is 6.42 Å². The molecule has 1 aliphatic rings. The molecule has 1 aliphatic carbocycles. The Labute approximate surface area is 198 Å². The first kappa shape index (κ1) is 21.6. The molecule has 1 aromatic heterocycles. The van der Waals surface area contributed by atoms with Crippen LogP contribution in [0.3, 0.4) is 0 Å². The Morgan fingerprint density at radius 3 is 2.50 bits per heavy atom. The van der Waals surface area contributed by atoms with E-state index in [0.717, 1.165) is 46.3 Å². The van der Waals surface area contributed by atoms with E-state index in [0.29, 0.717) is 17.3 Å². The highest BCUT2D eigenvalue weighted by atomic mass is 16.5. The number of carbonyl (C=O) groups excluding carboxylic acids is 1. The number of anilines is 1. The number of benzene rings is 3. The molecule has 0 bridgehead atoms. The fraction of sp³-hybridized carbons (Fsp3) is 0.214. The molecular formula is C28H25N3O3. The molecule has 1 N–H and O–H groups in total. The second-order valence-corrected chi connectivity index (χ2v) is 8.44. The molecule has 0 spiro atoms. The first-order chi connectivity index (χ1) is 16.7. The zero-order valence-corrected chi connectivity index (χ0v) is 19.0. The first-order valence-corrected chi connectivity index (χ1v) is 11.4. The highest BCUT2D eigenvalue weighted by Gasteiger charge is 2.28. The third-order valence-corrected chi connectivity index (χ3v) is 6.38. The molecule has 1 amide bonds. The number of nitrogens with one attached hydrogen (secondary N) is 1. The van der Waals surface area contributed by atoms with Crippen molar-refractivity contribution in [1.29, 1.82) is 5.26 Å². The summed E-state index contributed by atoms with van der Waals surface area (Å²) in [7, 11) is 1.65. The molecule has 0 saturated heterocycles. The first-order valence-electron chi connectivity index (χ1n) is 11.4. The third kappa shape index (κ3) is 4.08. The standard InChI is InChI=1S/C28H25N3O3/c1-33-23-14-15-24-25(17-29)27(31(26(24)16-23)22-8-5-9-22)20-10-12-21(13-11-20)30-28(32)34-18-19-6-3-2-4-7-19/h2-4,6-7,10-16,22H,5,8-9,18H2,1H3,(H,30,32). The quantitative estimate of drug-likeness (QED) is 0.355. The van der Waals surface area contributed by atoms with Gasteiger partial charge in [0, 0.05) is 23.2 Å². The van der Waals surface area contributed by atoms with Gasteiger partial charge in [0.2, 0.25) is 0 Å². The topological polar surface area (TPSA) is 76.3 Å². The van der Waals surface area contributed by atoms with Crippen molar-refractivity contribution < 1.29 is 14.3 Å². The number of aromatic nitrogens is 1. The minimum absolute atomic E-state index is 0.210. The van der Waals surface area contributed by atoms with Crippen LogP contribution >= 0.6 is 0 Å². The molecular weight excluding hydrogens is 426 g/mol. The summed E-state index contributed by atoms with van der Waals surface area (Å²) in [5.74, 6) is 0.773. The molecule has 4 aromatic rings. The minimum Gasteiger partial charge on any atom is -0.497 e. The molecule has 34 heavy (non-hydrogen) atoms. The Bertz CT molecular complexity index is 1360. The van der Waals surface area contributed by atoms with Gasteiger partial charge < -0.3 is 14.0 Å². The van der Waals surface area contributed by atoms with Crippen LogP contribution in [0.4, 0.5) is 10.5 Å². The number of methoxy groups -OCH3 is 1. The number of hydrogen-bond donors (Lipinski definition) is 1. The zero-order valence-electron chi connectivity index (χ0n) is 19.0. The van der Waals surface area contributed by atoms with E-state index in [9.17, 15) is 10.1 Å². The van der Waals surface area contributed by atoms with Gasteiger partial charge in [0.15, 0.2) is 0 Å². The van der Waals surface area contributed by atoms with Crippen molar-refractivity contribution in [2.45, 2.75) is 31.9 Å². The second-order valence-electron chi connectivity index (χ2n) is 8.44. The van der Waals surface area contributed by atoms with Crippen LogP contribution in [0.25, 0.3) is 22.2 Å². The molecule has 6 nitrogen and oxygen atoms in total. The minimum atomic E-state index is -0.509. The zero-order chi connectivity index (χ0) is 23.5. The lowest BCUT2D eigenvalue weighted by atomic mass is 9.92.